The zero-order valence-corrected chi connectivity index (χ0v) is 34.3. The van der Waals surface area contributed by atoms with Gasteiger partial charge in [-0.25, -0.2) is 16.8 Å². The minimum absolute atomic E-state index is 0.0989. The maximum absolute atomic E-state index is 14.2. The number of ether oxygens (including phenoxy) is 2. The molecule has 2 aliphatic rings. The smallest absolute Gasteiger partial charge is 0.245 e. The minimum Gasteiger partial charge on any atom is -0.507 e. The molecule has 0 saturated carbocycles. The first kappa shape index (κ1) is 39.9. The number of sulfonamides is 2. The third kappa shape index (κ3) is 7.20. The molecule has 2 saturated heterocycles. The van der Waals surface area contributed by atoms with Crippen molar-refractivity contribution < 1.29 is 36.5 Å². The number of hydrogen-bond acceptors (Lipinski definition) is 8. The highest BCUT2D eigenvalue weighted by molar-refractivity contribution is 7.89. The summed E-state index contributed by atoms with van der Waals surface area (Å²) < 4.78 is 71.8. The highest BCUT2D eigenvalue weighted by atomic mass is 32.2. The predicted molar refractivity (Wildman–Crippen MR) is 209 cm³/mol. The zero-order chi connectivity index (χ0) is 39.7. The van der Waals surface area contributed by atoms with Crippen LogP contribution in [0.25, 0.3) is 11.1 Å². The first-order valence-electron chi connectivity index (χ1n) is 18.2. The Bertz CT molecular complexity index is 2110. The third-order valence-electron chi connectivity index (χ3n) is 10.3. The van der Waals surface area contributed by atoms with E-state index in [2.05, 4.69) is 0 Å². The van der Waals surface area contributed by atoms with E-state index in [1.807, 2.05) is 55.4 Å². The quantitative estimate of drug-likeness (QED) is 0.192. The average Bonchev–Trinajstić information content (AvgIpc) is 3.67. The Morgan fingerprint density at radius 1 is 0.574 bits per heavy atom. The molecule has 54 heavy (non-hydrogen) atoms. The normalized spacial score (nSPS) is 21.9. The molecule has 2 heterocycles. The Kier molecular flexibility index (Phi) is 10.4. The lowest BCUT2D eigenvalue weighted by molar-refractivity contribution is 0.0655. The van der Waals surface area contributed by atoms with Crippen molar-refractivity contribution in [1.82, 2.24) is 8.61 Å². The standard InChI is InChI=1S/C42H52N2O8S2/c1-25-11-15-31(16-12-25)53(47,48)43-27(3)23-51-39(43)35-21-29(41(5,6)7)19-33(37(35)45)34-20-30(42(8,9)10)22-36(38(34)46)40-44(28(4)24-52-40)54(49,50)32-17-13-26(2)14-18-32/h11-22,27-28,39-40,45-46H,23-24H2,1-10H3/t27-,28-,39-,40-/m0/s1. The Morgan fingerprint density at radius 2 is 0.889 bits per heavy atom. The Hall–Kier alpha value is -3.78. The van der Waals surface area contributed by atoms with Crippen LogP contribution in [0.4, 0.5) is 0 Å². The Morgan fingerprint density at radius 3 is 1.19 bits per heavy atom. The number of rotatable bonds is 7. The van der Waals surface area contributed by atoms with Gasteiger partial charge in [0.1, 0.15) is 11.5 Å². The van der Waals surface area contributed by atoms with Gasteiger partial charge in [-0.3, -0.25) is 0 Å². The first-order chi connectivity index (χ1) is 25.0. The van der Waals surface area contributed by atoms with Gasteiger partial charge in [-0.2, -0.15) is 8.61 Å². The van der Waals surface area contributed by atoms with Crippen LogP contribution in [-0.4, -0.2) is 61.0 Å². The molecule has 12 heteroatoms. The second kappa shape index (κ2) is 14.1. The summed E-state index contributed by atoms with van der Waals surface area (Å²) in [6.45, 7) is 19.5. The van der Waals surface area contributed by atoms with E-state index in [-0.39, 0.29) is 56.8 Å². The molecule has 10 nitrogen and oxygen atoms in total. The summed E-state index contributed by atoms with van der Waals surface area (Å²) in [5, 5.41) is 24.6. The van der Waals surface area contributed by atoms with E-state index in [1.165, 1.54) is 8.61 Å². The van der Waals surface area contributed by atoms with Gasteiger partial charge < -0.3 is 19.7 Å². The van der Waals surface area contributed by atoms with E-state index in [4.69, 9.17) is 9.47 Å². The molecule has 0 unspecified atom stereocenters. The van der Waals surface area contributed by atoms with Crippen LogP contribution in [0.1, 0.15) is 101 Å². The zero-order valence-electron chi connectivity index (χ0n) is 32.7. The molecule has 0 bridgehead atoms. The SMILES string of the molecule is Cc1ccc(S(=O)(=O)N2[C@@H](C)CO[C@H]2c2cc(C(C)(C)C)cc(-c3cc(C(C)(C)C)cc([C@@H]4OC[C@H](C)N4S(=O)(=O)c4ccc(C)cc4)c3O)c2O)cc1. The van der Waals surface area contributed by atoms with Crippen LogP contribution in [-0.2, 0) is 40.4 Å². The predicted octanol–water partition coefficient (Wildman–Crippen LogP) is 8.19. The molecule has 0 amide bonds. The van der Waals surface area contributed by atoms with Gasteiger partial charge in [-0.05, 0) is 98.2 Å². The van der Waals surface area contributed by atoms with Crippen LogP contribution >= 0.6 is 0 Å². The molecule has 0 aliphatic carbocycles. The van der Waals surface area contributed by atoms with Gasteiger partial charge in [0.15, 0.2) is 12.5 Å². The fourth-order valence-corrected chi connectivity index (χ4v) is 10.4. The van der Waals surface area contributed by atoms with Crippen molar-refractivity contribution in [3.8, 4) is 22.6 Å². The number of benzene rings is 4. The monoisotopic (exact) mass is 776 g/mol. The maximum Gasteiger partial charge on any atom is 0.245 e. The van der Waals surface area contributed by atoms with Crippen molar-refractivity contribution in [2.24, 2.45) is 0 Å². The molecule has 6 rings (SSSR count). The van der Waals surface area contributed by atoms with Crippen LogP contribution in [0, 0.1) is 13.8 Å². The van der Waals surface area contributed by atoms with Crippen LogP contribution in [0.3, 0.4) is 0 Å². The van der Waals surface area contributed by atoms with Gasteiger partial charge in [-0.15, -0.1) is 0 Å². The lowest BCUT2D eigenvalue weighted by Gasteiger charge is -2.31. The number of aromatic hydroxyl groups is 2. The topological polar surface area (TPSA) is 134 Å². The second-order valence-corrected chi connectivity index (χ2v) is 20.5. The molecule has 0 spiro atoms. The Labute approximate surface area is 320 Å². The fourth-order valence-electron chi connectivity index (χ4n) is 7.03. The molecule has 0 radical (unpaired) electrons. The summed E-state index contributed by atoms with van der Waals surface area (Å²) in [5.41, 5.74) is 3.35. The molecular weight excluding hydrogens is 725 g/mol. The lowest BCUT2D eigenvalue weighted by atomic mass is 9.80. The highest BCUT2D eigenvalue weighted by Gasteiger charge is 2.46. The molecule has 0 aromatic heterocycles. The summed E-state index contributed by atoms with van der Waals surface area (Å²) in [6, 6.07) is 19.2. The van der Waals surface area contributed by atoms with Crippen LogP contribution in [0.2, 0.25) is 0 Å². The van der Waals surface area contributed by atoms with Gasteiger partial charge in [0.25, 0.3) is 0 Å². The van der Waals surface area contributed by atoms with E-state index in [1.54, 1.807) is 86.6 Å². The molecule has 2 aliphatic heterocycles. The van der Waals surface area contributed by atoms with Crippen molar-refractivity contribution in [2.75, 3.05) is 13.2 Å². The molecule has 2 fully saturated rings. The van der Waals surface area contributed by atoms with E-state index < -0.39 is 55.4 Å². The maximum atomic E-state index is 14.2. The van der Waals surface area contributed by atoms with Crippen molar-refractivity contribution in [3.05, 3.63) is 106 Å². The van der Waals surface area contributed by atoms with Crippen LogP contribution in [0.15, 0.2) is 82.6 Å². The molecule has 290 valence electrons. The number of nitrogens with zero attached hydrogens (tertiary/aromatic N) is 2. The van der Waals surface area contributed by atoms with Crippen molar-refractivity contribution in [3.63, 3.8) is 0 Å². The molecular formula is C42H52N2O8S2. The largest absolute Gasteiger partial charge is 0.507 e. The summed E-state index contributed by atoms with van der Waals surface area (Å²) >= 11 is 0. The summed E-state index contributed by atoms with van der Waals surface area (Å²) in [4.78, 5) is 0.219. The van der Waals surface area contributed by atoms with Crippen molar-refractivity contribution in [1.29, 1.82) is 0 Å². The summed E-state index contributed by atoms with van der Waals surface area (Å²) in [6.07, 6.45) is -2.34. The minimum atomic E-state index is -4.08. The second-order valence-electron chi connectivity index (χ2n) is 16.8. The van der Waals surface area contributed by atoms with E-state index in [9.17, 15) is 27.0 Å². The first-order valence-corrected chi connectivity index (χ1v) is 21.1. The third-order valence-corrected chi connectivity index (χ3v) is 14.3. The molecule has 4 atom stereocenters. The van der Waals surface area contributed by atoms with Crippen LogP contribution in [0.5, 0.6) is 11.5 Å². The number of phenols is 2. The van der Waals surface area contributed by atoms with Gasteiger partial charge >= 0.3 is 0 Å². The number of phenolic OH excluding ortho intramolecular Hbond substituents is 2. The van der Waals surface area contributed by atoms with E-state index >= 15 is 0 Å². The van der Waals surface area contributed by atoms with Gasteiger partial charge in [0.2, 0.25) is 20.0 Å². The summed E-state index contributed by atoms with van der Waals surface area (Å²) in [5.74, 6) is -0.522. The lowest BCUT2D eigenvalue weighted by Crippen LogP contribution is -2.37. The van der Waals surface area contributed by atoms with E-state index in [0.717, 1.165) is 22.3 Å². The molecule has 4 aromatic carbocycles. The summed E-state index contributed by atoms with van der Waals surface area (Å²) in [7, 11) is -8.16. The van der Waals surface area contributed by atoms with Gasteiger partial charge in [-0.1, -0.05) is 76.9 Å². The van der Waals surface area contributed by atoms with Crippen LogP contribution < -0.4 is 0 Å². The van der Waals surface area contributed by atoms with Crippen molar-refractivity contribution >= 4 is 20.0 Å². The van der Waals surface area contributed by atoms with E-state index in [0.29, 0.717) is 0 Å². The van der Waals surface area contributed by atoms with Gasteiger partial charge in [0.05, 0.1) is 23.0 Å². The number of aryl methyl sites for hydroxylation is 2. The van der Waals surface area contributed by atoms with Crippen molar-refractivity contribution in [2.45, 2.75) is 114 Å². The number of hydrogen-bond donors (Lipinski definition) is 2. The Balaban J connectivity index is 1.56. The average molecular weight is 777 g/mol. The highest BCUT2D eigenvalue weighted by Crippen LogP contribution is 2.50. The van der Waals surface area contributed by atoms with Gasteiger partial charge in [0, 0.05) is 34.3 Å². The molecule has 2 N–H and O–H groups in total. The molecule has 4 aromatic rings. The fraction of sp³-hybridized carbons (Fsp3) is 0.429.